The van der Waals surface area contributed by atoms with Gasteiger partial charge in [0.25, 0.3) is 0 Å². The van der Waals surface area contributed by atoms with Crippen LogP contribution < -0.4 is 10.5 Å². The number of carbonyl (C=O) groups is 1. The van der Waals surface area contributed by atoms with Gasteiger partial charge in [-0.1, -0.05) is 29.8 Å². The monoisotopic (exact) mass is 346 g/mol. The number of hydrogen-bond acceptors (Lipinski definition) is 4. The molecule has 5 nitrogen and oxygen atoms in total. The number of rotatable bonds is 8. The third kappa shape index (κ3) is 5.55. The summed E-state index contributed by atoms with van der Waals surface area (Å²) in [5.74, 6) is -0.399. The average Bonchev–Trinajstić information content (AvgIpc) is 2.54. The average molecular weight is 346 g/mol. The second-order valence-electron chi connectivity index (χ2n) is 6.08. The molecule has 0 radical (unpaired) electrons. The van der Waals surface area contributed by atoms with Crippen LogP contribution in [0.4, 0.5) is 4.39 Å². The maximum atomic E-state index is 13.4. The van der Waals surface area contributed by atoms with Crippen LogP contribution >= 0.6 is 0 Å². The number of carbonyl (C=O) groups excluding carboxylic acids is 1. The zero-order chi connectivity index (χ0) is 18.4. The van der Waals surface area contributed by atoms with E-state index in [9.17, 15) is 14.3 Å². The van der Waals surface area contributed by atoms with Gasteiger partial charge in [0.15, 0.2) is 0 Å². The first-order valence-electron chi connectivity index (χ1n) is 7.99. The zero-order valence-corrected chi connectivity index (χ0v) is 14.4. The first-order valence-corrected chi connectivity index (χ1v) is 7.99. The van der Waals surface area contributed by atoms with Crippen molar-refractivity contribution in [2.24, 2.45) is 5.73 Å². The Balaban J connectivity index is 1.96. The normalized spacial score (nSPS) is 13.5. The molecule has 2 aromatic carbocycles. The maximum absolute atomic E-state index is 13.4. The lowest BCUT2D eigenvalue weighted by atomic mass is 10.0. The van der Waals surface area contributed by atoms with Gasteiger partial charge in [-0.25, -0.2) is 4.39 Å². The van der Waals surface area contributed by atoms with Crippen LogP contribution in [0.25, 0.3) is 0 Å². The van der Waals surface area contributed by atoms with Gasteiger partial charge in [0.2, 0.25) is 5.91 Å². The molecule has 0 fully saturated rings. The van der Waals surface area contributed by atoms with Gasteiger partial charge < -0.3 is 15.6 Å². The molecule has 2 unspecified atom stereocenters. The van der Waals surface area contributed by atoms with Crippen LogP contribution in [0.5, 0.6) is 5.75 Å². The Labute approximate surface area is 146 Å². The summed E-state index contributed by atoms with van der Waals surface area (Å²) in [4.78, 5) is 13.4. The largest absolute Gasteiger partial charge is 0.491 e. The van der Waals surface area contributed by atoms with E-state index in [1.807, 2.05) is 31.2 Å². The number of hydrogen-bond donors (Lipinski definition) is 2. The van der Waals surface area contributed by atoms with Crippen molar-refractivity contribution in [2.45, 2.75) is 19.1 Å². The standard InChI is InChI=1S/C19H23FN2O3/c1-13-6-8-17(9-7-13)25-12-16(23)11-22(2)18(19(21)24)14-4-3-5-15(20)10-14/h3-10,16,18,23H,11-12H2,1-2H3,(H2,21,24). The summed E-state index contributed by atoms with van der Waals surface area (Å²) < 4.78 is 18.9. The fourth-order valence-corrected chi connectivity index (χ4v) is 2.63. The maximum Gasteiger partial charge on any atom is 0.239 e. The van der Waals surface area contributed by atoms with Crippen molar-refractivity contribution in [3.05, 3.63) is 65.5 Å². The Morgan fingerprint density at radius 3 is 2.56 bits per heavy atom. The number of nitrogens with zero attached hydrogens (tertiary/aromatic N) is 1. The van der Waals surface area contributed by atoms with Gasteiger partial charge in [-0.2, -0.15) is 0 Å². The molecule has 0 aliphatic carbocycles. The van der Waals surface area contributed by atoms with Crippen molar-refractivity contribution < 1.29 is 19.0 Å². The van der Waals surface area contributed by atoms with Gasteiger partial charge in [0.1, 0.15) is 30.3 Å². The van der Waals surface area contributed by atoms with Crippen molar-refractivity contribution in [1.29, 1.82) is 0 Å². The Bertz CT molecular complexity index is 706. The van der Waals surface area contributed by atoms with Gasteiger partial charge in [0, 0.05) is 6.54 Å². The Morgan fingerprint density at radius 2 is 1.96 bits per heavy atom. The first-order chi connectivity index (χ1) is 11.9. The molecule has 0 bridgehead atoms. The van der Waals surface area contributed by atoms with E-state index < -0.39 is 23.9 Å². The fourth-order valence-electron chi connectivity index (χ4n) is 2.63. The molecular weight excluding hydrogens is 323 g/mol. The minimum atomic E-state index is -0.832. The van der Waals surface area contributed by atoms with Crippen molar-refractivity contribution >= 4 is 5.91 Å². The molecule has 0 spiro atoms. The van der Waals surface area contributed by atoms with Gasteiger partial charge >= 0.3 is 0 Å². The summed E-state index contributed by atoms with van der Waals surface area (Å²) in [6, 6.07) is 12.4. The predicted molar refractivity (Wildman–Crippen MR) is 93.6 cm³/mol. The smallest absolute Gasteiger partial charge is 0.239 e. The van der Waals surface area contributed by atoms with E-state index in [1.165, 1.54) is 18.2 Å². The van der Waals surface area contributed by atoms with E-state index in [4.69, 9.17) is 10.5 Å². The number of primary amides is 1. The number of likely N-dealkylation sites (N-methyl/N-ethyl adjacent to an activating group) is 1. The topological polar surface area (TPSA) is 75.8 Å². The lowest BCUT2D eigenvalue weighted by Gasteiger charge is -2.27. The van der Waals surface area contributed by atoms with Crippen molar-refractivity contribution in [3.8, 4) is 5.75 Å². The highest BCUT2D eigenvalue weighted by atomic mass is 19.1. The molecule has 2 rings (SSSR count). The van der Waals surface area contributed by atoms with Crippen molar-refractivity contribution in [2.75, 3.05) is 20.2 Å². The van der Waals surface area contributed by atoms with Crippen LogP contribution in [0.1, 0.15) is 17.2 Å². The molecule has 1 amide bonds. The Kier molecular flexibility index (Phi) is 6.50. The third-order valence-electron chi connectivity index (χ3n) is 3.84. The summed E-state index contributed by atoms with van der Waals surface area (Å²) in [5.41, 5.74) is 7.02. The molecule has 2 aromatic rings. The number of ether oxygens (including phenoxy) is 1. The predicted octanol–water partition coefficient (Wildman–Crippen LogP) is 2.03. The Morgan fingerprint density at radius 1 is 1.28 bits per heavy atom. The molecule has 0 aliphatic rings. The lowest BCUT2D eigenvalue weighted by molar-refractivity contribution is -0.123. The SMILES string of the molecule is Cc1ccc(OCC(O)CN(C)C(C(N)=O)c2cccc(F)c2)cc1. The minimum absolute atomic E-state index is 0.0715. The zero-order valence-electron chi connectivity index (χ0n) is 14.4. The lowest BCUT2D eigenvalue weighted by Crippen LogP contribution is -2.41. The van der Waals surface area contributed by atoms with Crippen LogP contribution in [-0.2, 0) is 4.79 Å². The molecule has 2 atom stereocenters. The second-order valence-corrected chi connectivity index (χ2v) is 6.08. The number of amides is 1. The van der Waals surface area contributed by atoms with E-state index in [0.29, 0.717) is 11.3 Å². The molecule has 134 valence electrons. The molecule has 0 heterocycles. The highest BCUT2D eigenvalue weighted by molar-refractivity contribution is 5.81. The molecule has 25 heavy (non-hydrogen) atoms. The van der Waals surface area contributed by atoms with Crippen LogP contribution in [0.2, 0.25) is 0 Å². The van der Waals surface area contributed by atoms with Gasteiger partial charge in [-0.15, -0.1) is 0 Å². The highest BCUT2D eigenvalue weighted by Crippen LogP contribution is 2.20. The number of benzene rings is 2. The number of aliphatic hydroxyl groups excluding tert-OH is 1. The summed E-state index contributed by atoms with van der Waals surface area (Å²) in [6.45, 7) is 2.20. The summed E-state index contributed by atoms with van der Waals surface area (Å²) >= 11 is 0. The number of aryl methyl sites for hydroxylation is 1. The molecule has 0 aromatic heterocycles. The molecule has 3 N–H and O–H groups in total. The number of aliphatic hydroxyl groups is 1. The van der Waals surface area contributed by atoms with Crippen LogP contribution in [-0.4, -0.2) is 42.2 Å². The van der Waals surface area contributed by atoms with E-state index in [2.05, 4.69) is 0 Å². The minimum Gasteiger partial charge on any atom is -0.491 e. The van der Waals surface area contributed by atoms with Gasteiger partial charge in [-0.05, 0) is 43.8 Å². The number of nitrogens with two attached hydrogens (primary N) is 1. The van der Waals surface area contributed by atoms with E-state index in [-0.39, 0.29) is 13.2 Å². The molecular formula is C19H23FN2O3. The molecule has 6 heteroatoms. The highest BCUT2D eigenvalue weighted by Gasteiger charge is 2.25. The quantitative estimate of drug-likeness (QED) is 0.767. The second kappa shape index (κ2) is 8.60. The van der Waals surface area contributed by atoms with Gasteiger partial charge in [-0.3, -0.25) is 9.69 Å². The van der Waals surface area contributed by atoms with E-state index >= 15 is 0 Å². The van der Waals surface area contributed by atoms with Crippen LogP contribution in [0.15, 0.2) is 48.5 Å². The molecule has 0 aliphatic heterocycles. The summed E-state index contributed by atoms with van der Waals surface area (Å²) in [6.07, 6.45) is -0.832. The summed E-state index contributed by atoms with van der Waals surface area (Å²) in [5, 5.41) is 10.2. The van der Waals surface area contributed by atoms with Crippen LogP contribution in [0.3, 0.4) is 0 Å². The fraction of sp³-hybridized carbons (Fsp3) is 0.316. The third-order valence-corrected chi connectivity index (χ3v) is 3.84. The van der Waals surface area contributed by atoms with Gasteiger partial charge in [0.05, 0.1) is 0 Å². The molecule has 0 saturated heterocycles. The van der Waals surface area contributed by atoms with E-state index in [0.717, 1.165) is 5.56 Å². The number of halogens is 1. The Hall–Kier alpha value is -2.44. The van der Waals surface area contributed by atoms with Crippen LogP contribution in [0, 0.1) is 12.7 Å². The first kappa shape index (κ1) is 18.9. The summed E-state index contributed by atoms with van der Waals surface area (Å²) in [7, 11) is 1.65. The van der Waals surface area contributed by atoms with E-state index in [1.54, 1.807) is 18.0 Å². The molecule has 0 saturated carbocycles. The van der Waals surface area contributed by atoms with Crippen molar-refractivity contribution in [3.63, 3.8) is 0 Å². The van der Waals surface area contributed by atoms with Crippen molar-refractivity contribution in [1.82, 2.24) is 4.90 Å².